The second kappa shape index (κ2) is 38.2. The summed E-state index contributed by atoms with van der Waals surface area (Å²) in [5.41, 5.74) is 0. The van der Waals surface area contributed by atoms with E-state index in [4.69, 9.17) is 18.5 Å². The first-order valence-corrected chi connectivity index (χ1v) is 23.5. The van der Waals surface area contributed by atoms with Gasteiger partial charge < -0.3 is 18.9 Å². The molecule has 0 saturated carbocycles. The first kappa shape index (κ1) is 53.7. The lowest BCUT2D eigenvalue weighted by molar-refractivity contribution is -0.870. The first-order chi connectivity index (χ1) is 27.0. The molecule has 0 heterocycles. The van der Waals surface area contributed by atoms with E-state index in [-0.39, 0.29) is 26.1 Å². The van der Waals surface area contributed by atoms with E-state index in [0.29, 0.717) is 17.4 Å². The fourth-order valence-corrected chi connectivity index (χ4v) is 6.42. The Morgan fingerprint density at radius 3 is 1.45 bits per heavy atom. The lowest BCUT2D eigenvalue weighted by Gasteiger charge is -2.24. The lowest BCUT2D eigenvalue weighted by atomic mass is 10.0. The standard InChI is InChI=1S/C46H82NO8P/c1-6-8-10-12-14-16-18-20-22-23-25-26-28-30-32-34-36-38-45(48)52-42-44(43-54-56(50,51)53-41-40-47(3,4)5)55-46(49)39-37-35-33-31-29-27-24-21-19-17-15-13-11-9-7-2/h9,11,15,17,21,24,29,31,35,37,44H,6-8,10,12-14,16,18-20,22-23,25-28,30,32-34,36,38-43H2,1-5H3/p+1/b11-9-,17-15-,24-21-,31-29-,37-35-. The van der Waals surface area contributed by atoms with E-state index in [9.17, 15) is 19.0 Å². The molecule has 0 aliphatic rings. The SMILES string of the molecule is CC/C=C\C/C=C\C/C=C\C/C=C\C/C=C\CC(=O)OC(COC(=O)CCCCCCCCCCCCCCCCCCC)COP(=O)(O)OCC[N+](C)(C)C. The number of hydrogen-bond acceptors (Lipinski definition) is 7. The number of unbranched alkanes of at least 4 members (excludes halogenated alkanes) is 16. The number of nitrogens with zero attached hydrogens (tertiary/aromatic N) is 1. The van der Waals surface area contributed by atoms with Crippen LogP contribution in [0.15, 0.2) is 60.8 Å². The summed E-state index contributed by atoms with van der Waals surface area (Å²) >= 11 is 0. The van der Waals surface area contributed by atoms with Crippen molar-refractivity contribution in [1.29, 1.82) is 0 Å². The molecule has 324 valence electrons. The van der Waals surface area contributed by atoms with E-state index in [1.807, 2.05) is 33.3 Å². The Labute approximate surface area is 343 Å². The molecular weight excluding hydrogens is 725 g/mol. The number of carbonyl (C=O) groups is 2. The lowest BCUT2D eigenvalue weighted by Crippen LogP contribution is -2.37. The van der Waals surface area contributed by atoms with Crippen molar-refractivity contribution in [3.8, 4) is 0 Å². The van der Waals surface area contributed by atoms with Gasteiger partial charge in [-0.1, -0.05) is 177 Å². The highest BCUT2D eigenvalue weighted by molar-refractivity contribution is 7.47. The highest BCUT2D eigenvalue weighted by Gasteiger charge is 2.27. The largest absolute Gasteiger partial charge is 0.472 e. The molecule has 0 aromatic carbocycles. The number of phosphoric acid groups is 1. The van der Waals surface area contributed by atoms with E-state index in [2.05, 4.69) is 56.4 Å². The van der Waals surface area contributed by atoms with Gasteiger partial charge in [-0.25, -0.2) is 4.57 Å². The zero-order valence-electron chi connectivity index (χ0n) is 36.3. The average molecular weight is 809 g/mol. The van der Waals surface area contributed by atoms with Crippen LogP contribution in [0.1, 0.15) is 168 Å². The molecule has 0 aromatic heterocycles. The quantitative estimate of drug-likeness (QED) is 0.0215. The van der Waals surface area contributed by atoms with Crippen molar-refractivity contribution < 1.29 is 42.1 Å². The molecule has 0 aliphatic heterocycles. The van der Waals surface area contributed by atoms with Crippen molar-refractivity contribution >= 4 is 19.8 Å². The summed E-state index contributed by atoms with van der Waals surface area (Å²) in [6.07, 6.45) is 45.9. The third-order valence-corrected chi connectivity index (χ3v) is 10.1. The van der Waals surface area contributed by atoms with Crippen LogP contribution in [0, 0.1) is 0 Å². The van der Waals surface area contributed by atoms with E-state index >= 15 is 0 Å². The predicted molar refractivity (Wildman–Crippen MR) is 233 cm³/mol. The van der Waals surface area contributed by atoms with Gasteiger partial charge in [0.25, 0.3) is 0 Å². The minimum absolute atomic E-state index is 0.00795. The Bertz CT molecular complexity index is 1140. The second-order valence-electron chi connectivity index (χ2n) is 15.7. The molecule has 0 aliphatic carbocycles. The summed E-state index contributed by atoms with van der Waals surface area (Å²) in [6.45, 7) is 4.19. The van der Waals surface area contributed by atoms with E-state index < -0.39 is 32.5 Å². The molecule has 56 heavy (non-hydrogen) atoms. The van der Waals surface area contributed by atoms with E-state index in [1.54, 1.807) is 6.08 Å². The van der Waals surface area contributed by atoms with Crippen molar-refractivity contribution in [2.45, 2.75) is 174 Å². The number of hydrogen-bond donors (Lipinski definition) is 1. The normalized spacial score (nSPS) is 14.2. The molecular formula is C46H83NO8P+. The van der Waals surface area contributed by atoms with Crippen LogP contribution in [0.5, 0.6) is 0 Å². The van der Waals surface area contributed by atoms with Gasteiger partial charge >= 0.3 is 19.8 Å². The molecule has 0 saturated heterocycles. The van der Waals surface area contributed by atoms with Crippen LogP contribution in [-0.2, 0) is 32.7 Å². The molecule has 2 unspecified atom stereocenters. The maximum atomic E-state index is 12.6. The Balaban J connectivity index is 4.46. The van der Waals surface area contributed by atoms with Gasteiger partial charge in [0, 0.05) is 6.42 Å². The van der Waals surface area contributed by atoms with Crippen molar-refractivity contribution in [3.63, 3.8) is 0 Å². The van der Waals surface area contributed by atoms with E-state index in [1.165, 1.54) is 89.9 Å². The van der Waals surface area contributed by atoms with Crippen molar-refractivity contribution in [2.24, 2.45) is 0 Å². The van der Waals surface area contributed by atoms with Gasteiger partial charge in [-0.15, -0.1) is 0 Å². The van der Waals surface area contributed by atoms with Gasteiger partial charge in [0.1, 0.15) is 19.8 Å². The Morgan fingerprint density at radius 1 is 0.571 bits per heavy atom. The molecule has 0 fully saturated rings. The molecule has 9 nitrogen and oxygen atoms in total. The van der Waals surface area contributed by atoms with Gasteiger partial charge in [-0.2, -0.15) is 0 Å². The Morgan fingerprint density at radius 2 is 1.00 bits per heavy atom. The second-order valence-corrected chi connectivity index (χ2v) is 17.2. The maximum Gasteiger partial charge on any atom is 0.472 e. The van der Waals surface area contributed by atoms with Crippen molar-refractivity contribution in [2.75, 3.05) is 47.5 Å². The summed E-state index contributed by atoms with van der Waals surface area (Å²) in [4.78, 5) is 35.3. The number of esters is 2. The Hall–Kier alpha value is -2.29. The van der Waals surface area contributed by atoms with Crippen LogP contribution in [0.4, 0.5) is 0 Å². The van der Waals surface area contributed by atoms with Gasteiger partial charge in [-0.05, 0) is 38.5 Å². The number of likely N-dealkylation sites (N-methyl/N-ethyl adjacent to an activating group) is 1. The predicted octanol–water partition coefficient (Wildman–Crippen LogP) is 12.5. The van der Waals surface area contributed by atoms with Crippen LogP contribution in [-0.4, -0.2) is 74.9 Å². The summed E-state index contributed by atoms with van der Waals surface area (Å²) in [7, 11) is 1.42. The summed E-state index contributed by atoms with van der Waals surface area (Å²) < 4.78 is 34.1. The van der Waals surface area contributed by atoms with Crippen LogP contribution in [0.2, 0.25) is 0 Å². The molecule has 0 aromatic rings. The molecule has 0 radical (unpaired) electrons. The maximum absolute atomic E-state index is 12.6. The Kier molecular flexibility index (Phi) is 36.7. The van der Waals surface area contributed by atoms with Crippen LogP contribution in [0.3, 0.4) is 0 Å². The molecule has 0 rings (SSSR count). The molecule has 0 amide bonds. The van der Waals surface area contributed by atoms with Crippen molar-refractivity contribution in [1.82, 2.24) is 0 Å². The number of carbonyl (C=O) groups excluding carboxylic acids is 2. The molecule has 0 bridgehead atoms. The average Bonchev–Trinajstić information content (AvgIpc) is 3.15. The molecule has 1 N–H and O–H groups in total. The van der Waals surface area contributed by atoms with Gasteiger partial charge in [0.15, 0.2) is 6.10 Å². The van der Waals surface area contributed by atoms with Crippen molar-refractivity contribution in [3.05, 3.63) is 60.8 Å². The fraction of sp³-hybridized carbons (Fsp3) is 0.739. The third kappa shape index (κ3) is 41.3. The topological polar surface area (TPSA) is 108 Å². The zero-order chi connectivity index (χ0) is 41.4. The molecule has 2 atom stereocenters. The van der Waals surface area contributed by atoms with E-state index in [0.717, 1.165) is 44.9 Å². The third-order valence-electron chi connectivity index (χ3n) is 9.10. The smallest absolute Gasteiger partial charge is 0.462 e. The number of rotatable bonds is 39. The highest BCUT2D eigenvalue weighted by atomic mass is 31.2. The summed E-state index contributed by atoms with van der Waals surface area (Å²) in [5.74, 6) is -0.945. The van der Waals surface area contributed by atoms with Crippen LogP contribution < -0.4 is 0 Å². The minimum atomic E-state index is -4.40. The van der Waals surface area contributed by atoms with Crippen LogP contribution >= 0.6 is 7.82 Å². The number of phosphoric ester groups is 1. The summed E-state index contributed by atoms with van der Waals surface area (Å²) in [6, 6.07) is 0. The van der Waals surface area contributed by atoms with Gasteiger partial charge in [-0.3, -0.25) is 18.6 Å². The van der Waals surface area contributed by atoms with Gasteiger partial charge in [0.2, 0.25) is 0 Å². The molecule has 0 spiro atoms. The summed E-state index contributed by atoms with van der Waals surface area (Å²) in [5, 5.41) is 0. The monoisotopic (exact) mass is 809 g/mol. The number of allylic oxidation sites excluding steroid dienone is 9. The minimum Gasteiger partial charge on any atom is -0.462 e. The number of ether oxygens (including phenoxy) is 2. The highest BCUT2D eigenvalue weighted by Crippen LogP contribution is 2.43. The van der Waals surface area contributed by atoms with Crippen LogP contribution in [0.25, 0.3) is 0 Å². The number of quaternary nitrogens is 1. The molecule has 10 heteroatoms. The zero-order valence-corrected chi connectivity index (χ0v) is 37.2. The van der Waals surface area contributed by atoms with Gasteiger partial charge in [0.05, 0.1) is 34.2 Å². The fourth-order valence-electron chi connectivity index (χ4n) is 5.68. The first-order valence-electron chi connectivity index (χ1n) is 22.0.